The fourth-order valence-electron chi connectivity index (χ4n) is 2.01. The van der Waals surface area contributed by atoms with E-state index < -0.39 is 0 Å². The van der Waals surface area contributed by atoms with E-state index in [1.165, 1.54) is 12.8 Å². The van der Waals surface area contributed by atoms with E-state index in [0.717, 1.165) is 13.0 Å². The zero-order chi connectivity index (χ0) is 10.4. The molecule has 0 radical (unpaired) electrons. The molecule has 3 nitrogen and oxygen atoms in total. The van der Waals surface area contributed by atoms with Crippen LogP contribution in [0.2, 0.25) is 0 Å². The van der Waals surface area contributed by atoms with E-state index in [1.807, 2.05) is 20.8 Å². The molecule has 0 aromatic rings. The molecule has 3 heteroatoms. The molecular weight excluding hydrogens is 178 g/mol. The Morgan fingerprint density at radius 3 is 2.50 bits per heavy atom. The maximum Gasteiger partial charge on any atom is 0.323 e. The van der Waals surface area contributed by atoms with Crippen LogP contribution in [-0.4, -0.2) is 24.2 Å². The van der Waals surface area contributed by atoms with E-state index in [1.54, 1.807) is 0 Å². The number of rotatable bonds is 1. The first kappa shape index (κ1) is 9.97. The molecule has 1 saturated heterocycles. The predicted octanol–water partition coefficient (Wildman–Crippen LogP) is 1.47. The summed E-state index contributed by atoms with van der Waals surface area (Å²) in [4.78, 5) is 11.7. The van der Waals surface area contributed by atoms with Gasteiger partial charge >= 0.3 is 5.97 Å². The lowest BCUT2D eigenvalue weighted by molar-refractivity contribution is -0.157. The molecule has 1 N–H and O–H groups in total. The molecule has 1 aliphatic heterocycles. The van der Waals surface area contributed by atoms with Crippen molar-refractivity contribution in [2.75, 3.05) is 6.54 Å². The Hall–Kier alpha value is -0.570. The minimum absolute atomic E-state index is 0.0586. The first-order valence-electron chi connectivity index (χ1n) is 5.37. The Morgan fingerprint density at radius 2 is 2.07 bits per heavy atom. The standard InChI is InChI=1S/C11H19NO2/c1-10(2,3)14-9(13)8-6-11(4-5-11)7-12-8/h8,12H,4-7H2,1-3H3/t8-/m0/s1. The third-order valence-corrected chi connectivity index (χ3v) is 3.01. The van der Waals surface area contributed by atoms with Crippen LogP contribution in [0.15, 0.2) is 0 Å². The Kier molecular flexibility index (Phi) is 2.11. The molecule has 2 rings (SSSR count). The number of nitrogens with one attached hydrogen (secondary N) is 1. The van der Waals surface area contributed by atoms with E-state index in [0.29, 0.717) is 5.41 Å². The van der Waals surface area contributed by atoms with Crippen molar-refractivity contribution in [2.24, 2.45) is 5.41 Å². The van der Waals surface area contributed by atoms with Crippen LogP contribution in [0.25, 0.3) is 0 Å². The normalized spacial score (nSPS) is 29.2. The van der Waals surface area contributed by atoms with E-state index in [-0.39, 0.29) is 17.6 Å². The number of hydrogen-bond acceptors (Lipinski definition) is 3. The molecule has 1 saturated carbocycles. The molecular formula is C11H19NO2. The molecule has 1 aliphatic carbocycles. The molecule has 0 bridgehead atoms. The summed E-state index contributed by atoms with van der Waals surface area (Å²) in [5.74, 6) is -0.0822. The molecule has 2 aliphatic rings. The minimum Gasteiger partial charge on any atom is -0.459 e. The Labute approximate surface area is 85.2 Å². The highest BCUT2D eigenvalue weighted by Gasteiger charge is 2.50. The summed E-state index contributed by atoms with van der Waals surface area (Å²) in [7, 11) is 0. The number of carbonyl (C=O) groups is 1. The Morgan fingerprint density at radius 1 is 1.43 bits per heavy atom. The fraction of sp³-hybridized carbons (Fsp3) is 0.909. The molecule has 14 heavy (non-hydrogen) atoms. The summed E-state index contributed by atoms with van der Waals surface area (Å²) in [5, 5.41) is 3.26. The highest BCUT2D eigenvalue weighted by molar-refractivity contribution is 5.76. The highest BCUT2D eigenvalue weighted by Crippen LogP contribution is 2.51. The van der Waals surface area contributed by atoms with Gasteiger partial charge in [0.15, 0.2) is 0 Å². The Bertz CT molecular complexity index is 251. The van der Waals surface area contributed by atoms with Crippen molar-refractivity contribution in [1.82, 2.24) is 5.32 Å². The molecule has 1 heterocycles. The summed E-state index contributed by atoms with van der Waals surface area (Å²) in [6.07, 6.45) is 3.53. The van der Waals surface area contributed by atoms with Gasteiger partial charge in [-0.15, -0.1) is 0 Å². The summed E-state index contributed by atoms with van der Waals surface area (Å²) >= 11 is 0. The van der Waals surface area contributed by atoms with Crippen molar-refractivity contribution in [3.05, 3.63) is 0 Å². The van der Waals surface area contributed by atoms with Crippen LogP contribution >= 0.6 is 0 Å². The third kappa shape index (κ3) is 2.08. The van der Waals surface area contributed by atoms with Crippen LogP contribution in [-0.2, 0) is 9.53 Å². The molecule has 80 valence electrons. The quantitative estimate of drug-likeness (QED) is 0.647. The number of hydrogen-bond donors (Lipinski definition) is 1. The van der Waals surface area contributed by atoms with Crippen LogP contribution in [0.4, 0.5) is 0 Å². The van der Waals surface area contributed by atoms with Gasteiger partial charge in [0.05, 0.1) is 0 Å². The average Bonchev–Trinajstić information content (AvgIpc) is 2.57. The highest BCUT2D eigenvalue weighted by atomic mass is 16.6. The zero-order valence-electron chi connectivity index (χ0n) is 9.22. The second-order valence-electron chi connectivity index (χ2n) is 5.67. The SMILES string of the molecule is CC(C)(C)OC(=O)[C@@H]1CC2(CC2)CN1. The van der Waals surface area contributed by atoms with Gasteiger partial charge in [0.1, 0.15) is 11.6 Å². The lowest BCUT2D eigenvalue weighted by atomic mass is 10.0. The fourth-order valence-corrected chi connectivity index (χ4v) is 2.01. The molecule has 0 aromatic carbocycles. The Balaban J connectivity index is 1.87. The van der Waals surface area contributed by atoms with Crippen molar-refractivity contribution in [3.8, 4) is 0 Å². The van der Waals surface area contributed by atoms with Crippen LogP contribution in [0.1, 0.15) is 40.0 Å². The van der Waals surface area contributed by atoms with Gasteiger partial charge < -0.3 is 10.1 Å². The van der Waals surface area contributed by atoms with Gasteiger partial charge in [-0.1, -0.05) is 0 Å². The average molecular weight is 197 g/mol. The van der Waals surface area contributed by atoms with E-state index in [9.17, 15) is 4.79 Å². The van der Waals surface area contributed by atoms with E-state index in [2.05, 4.69) is 5.32 Å². The van der Waals surface area contributed by atoms with Gasteiger partial charge in [0, 0.05) is 6.54 Å². The van der Waals surface area contributed by atoms with Crippen LogP contribution in [0.5, 0.6) is 0 Å². The van der Waals surface area contributed by atoms with Crippen LogP contribution < -0.4 is 5.32 Å². The second-order valence-corrected chi connectivity index (χ2v) is 5.67. The maximum absolute atomic E-state index is 11.7. The summed E-state index contributed by atoms with van der Waals surface area (Å²) < 4.78 is 5.34. The third-order valence-electron chi connectivity index (χ3n) is 3.01. The lowest BCUT2D eigenvalue weighted by Gasteiger charge is -2.22. The van der Waals surface area contributed by atoms with Crippen molar-refractivity contribution < 1.29 is 9.53 Å². The van der Waals surface area contributed by atoms with Gasteiger partial charge in [-0.05, 0) is 45.4 Å². The topological polar surface area (TPSA) is 38.3 Å². The number of ether oxygens (including phenoxy) is 1. The van der Waals surface area contributed by atoms with Gasteiger partial charge in [-0.2, -0.15) is 0 Å². The lowest BCUT2D eigenvalue weighted by Crippen LogP contribution is -2.37. The molecule has 1 spiro atoms. The van der Waals surface area contributed by atoms with E-state index >= 15 is 0 Å². The van der Waals surface area contributed by atoms with Gasteiger partial charge in [-0.3, -0.25) is 4.79 Å². The summed E-state index contributed by atoms with van der Waals surface area (Å²) in [6.45, 7) is 6.73. The smallest absolute Gasteiger partial charge is 0.323 e. The monoisotopic (exact) mass is 197 g/mol. The van der Waals surface area contributed by atoms with Gasteiger partial charge in [-0.25, -0.2) is 0 Å². The first-order chi connectivity index (χ1) is 6.40. The van der Waals surface area contributed by atoms with Crippen molar-refractivity contribution >= 4 is 5.97 Å². The molecule has 2 fully saturated rings. The predicted molar refractivity (Wildman–Crippen MR) is 53.9 cm³/mol. The van der Waals surface area contributed by atoms with Crippen LogP contribution in [0.3, 0.4) is 0 Å². The molecule has 1 atom stereocenters. The summed E-state index contributed by atoms with van der Waals surface area (Å²) in [5.41, 5.74) is 0.0969. The molecule has 0 unspecified atom stereocenters. The zero-order valence-corrected chi connectivity index (χ0v) is 9.22. The summed E-state index contributed by atoms with van der Waals surface area (Å²) in [6, 6.07) is -0.0586. The minimum atomic E-state index is -0.363. The van der Waals surface area contributed by atoms with Crippen molar-refractivity contribution in [1.29, 1.82) is 0 Å². The largest absolute Gasteiger partial charge is 0.459 e. The van der Waals surface area contributed by atoms with Gasteiger partial charge in [0.25, 0.3) is 0 Å². The second kappa shape index (κ2) is 2.96. The first-order valence-corrected chi connectivity index (χ1v) is 5.37. The van der Waals surface area contributed by atoms with Gasteiger partial charge in [0.2, 0.25) is 0 Å². The van der Waals surface area contributed by atoms with Crippen molar-refractivity contribution in [2.45, 2.75) is 51.7 Å². The molecule has 0 aromatic heterocycles. The number of esters is 1. The van der Waals surface area contributed by atoms with E-state index in [4.69, 9.17) is 4.74 Å². The van der Waals surface area contributed by atoms with Crippen molar-refractivity contribution in [3.63, 3.8) is 0 Å². The molecule has 0 amide bonds. The maximum atomic E-state index is 11.7. The van der Waals surface area contributed by atoms with Crippen LogP contribution in [0, 0.1) is 5.41 Å². The number of carbonyl (C=O) groups excluding carboxylic acids is 1.